The fraction of sp³-hybridized carbons (Fsp3) is 0.241. The summed E-state index contributed by atoms with van der Waals surface area (Å²) in [7, 11) is 1.95. The van der Waals surface area contributed by atoms with E-state index in [-0.39, 0.29) is 11.7 Å². The van der Waals surface area contributed by atoms with Crippen LogP contribution in [0.1, 0.15) is 21.5 Å². The predicted molar refractivity (Wildman–Crippen MR) is 139 cm³/mol. The molecule has 1 amide bonds. The molecule has 0 bridgehead atoms. The highest BCUT2D eigenvalue weighted by Gasteiger charge is 2.30. The van der Waals surface area contributed by atoms with E-state index in [0.717, 1.165) is 60.6 Å². The summed E-state index contributed by atoms with van der Waals surface area (Å²) in [6.45, 7) is 4.92. The number of aryl methyl sites for hydroxylation is 1. The van der Waals surface area contributed by atoms with Crippen LogP contribution in [0.2, 0.25) is 0 Å². The molecule has 1 aromatic heterocycles. The quantitative estimate of drug-likeness (QED) is 0.425. The zero-order valence-corrected chi connectivity index (χ0v) is 19.8. The Hall–Kier alpha value is -3.74. The molecule has 0 radical (unpaired) electrons. The maximum absolute atomic E-state index is 13.2. The van der Waals surface area contributed by atoms with Crippen LogP contribution in [0.25, 0.3) is 22.0 Å². The maximum Gasteiger partial charge on any atom is 0.239 e. The molecule has 176 valence electrons. The minimum Gasteiger partial charge on any atom is -0.330 e. The van der Waals surface area contributed by atoms with Crippen molar-refractivity contribution in [3.8, 4) is 11.1 Å². The summed E-state index contributed by atoms with van der Waals surface area (Å²) in [6, 6.07) is 24.0. The molecule has 3 aromatic carbocycles. The van der Waals surface area contributed by atoms with E-state index >= 15 is 0 Å². The number of amides is 1. The number of rotatable bonds is 5. The number of ketones is 1. The minimum absolute atomic E-state index is 0.0282. The van der Waals surface area contributed by atoms with Crippen molar-refractivity contribution in [2.75, 3.05) is 38.0 Å². The van der Waals surface area contributed by atoms with Gasteiger partial charge in [-0.15, -0.1) is 0 Å². The van der Waals surface area contributed by atoms with Crippen molar-refractivity contribution in [3.63, 3.8) is 0 Å². The predicted octanol–water partition coefficient (Wildman–Crippen LogP) is 4.15. The second-order valence-corrected chi connectivity index (χ2v) is 9.44. The lowest BCUT2D eigenvalue weighted by atomic mass is 9.85. The summed E-state index contributed by atoms with van der Waals surface area (Å²) < 4.78 is 2.00. The van der Waals surface area contributed by atoms with E-state index < -0.39 is 0 Å². The topological polar surface area (TPSA) is 57.6 Å². The molecule has 1 aliphatic carbocycles. The van der Waals surface area contributed by atoms with Gasteiger partial charge < -0.3 is 9.88 Å². The normalized spacial score (nSPS) is 15.9. The average Bonchev–Trinajstić information content (AvgIpc) is 3.16. The van der Waals surface area contributed by atoms with Crippen molar-refractivity contribution >= 4 is 28.4 Å². The van der Waals surface area contributed by atoms with Crippen LogP contribution in [-0.2, 0) is 18.4 Å². The fourth-order valence-corrected chi connectivity index (χ4v) is 5.45. The zero-order chi connectivity index (χ0) is 23.9. The van der Waals surface area contributed by atoms with Crippen LogP contribution in [0.15, 0.2) is 72.8 Å². The Kier molecular flexibility index (Phi) is 5.47. The highest BCUT2D eigenvalue weighted by Crippen LogP contribution is 2.45. The highest BCUT2D eigenvalue weighted by atomic mass is 16.2. The second kappa shape index (κ2) is 8.80. The SMILES string of the molecule is Cn1c(NC(=O)CN2CCN(Cc3ccccc3)CC2)c2c3c(cccc31)C(=O)c1ccccc1-2. The highest BCUT2D eigenvalue weighted by molar-refractivity contribution is 6.28. The average molecular weight is 465 g/mol. The molecular weight excluding hydrogens is 436 g/mol. The number of aromatic nitrogens is 1. The summed E-state index contributed by atoms with van der Waals surface area (Å²) in [6.07, 6.45) is 0. The van der Waals surface area contributed by atoms with Crippen molar-refractivity contribution in [1.29, 1.82) is 0 Å². The summed E-state index contributed by atoms with van der Waals surface area (Å²) in [5.74, 6) is 0.760. The molecule has 4 aromatic rings. The van der Waals surface area contributed by atoms with Gasteiger partial charge in [0.15, 0.2) is 5.78 Å². The van der Waals surface area contributed by atoms with E-state index in [9.17, 15) is 9.59 Å². The van der Waals surface area contributed by atoms with Crippen LogP contribution in [0.5, 0.6) is 0 Å². The summed E-state index contributed by atoms with van der Waals surface area (Å²) >= 11 is 0. The molecule has 6 heteroatoms. The second-order valence-electron chi connectivity index (χ2n) is 9.44. The van der Waals surface area contributed by atoms with Crippen LogP contribution < -0.4 is 5.32 Å². The van der Waals surface area contributed by atoms with Crippen LogP contribution in [0.4, 0.5) is 5.82 Å². The van der Waals surface area contributed by atoms with Gasteiger partial charge in [0.25, 0.3) is 0 Å². The largest absolute Gasteiger partial charge is 0.330 e. The van der Waals surface area contributed by atoms with Gasteiger partial charge in [-0.1, -0.05) is 66.7 Å². The van der Waals surface area contributed by atoms with Gasteiger partial charge in [0.2, 0.25) is 5.91 Å². The molecule has 35 heavy (non-hydrogen) atoms. The Morgan fingerprint density at radius 3 is 2.23 bits per heavy atom. The molecule has 1 saturated heterocycles. The maximum atomic E-state index is 13.2. The first-order valence-electron chi connectivity index (χ1n) is 12.1. The van der Waals surface area contributed by atoms with Crippen molar-refractivity contribution < 1.29 is 9.59 Å². The molecule has 6 rings (SSSR count). The summed E-state index contributed by atoms with van der Waals surface area (Å²) in [5, 5.41) is 4.11. The van der Waals surface area contributed by atoms with E-state index in [1.54, 1.807) is 0 Å². The van der Waals surface area contributed by atoms with Crippen molar-refractivity contribution in [2.45, 2.75) is 6.54 Å². The number of hydrogen-bond donors (Lipinski definition) is 1. The van der Waals surface area contributed by atoms with Gasteiger partial charge in [-0.05, 0) is 17.2 Å². The number of carbonyl (C=O) groups is 2. The lowest BCUT2D eigenvalue weighted by molar-refractivity contribution is -0.117. The summed E-state index contributed by atoms with van der Waals surface area (Å²) in [4.78, 5) is 31.0. The molecule has 0 spiro atoms. The molecule has 1 N–H and O–H groups in total. The van der Waals surface area contributed by atoms with Crippen LogP contribution in [-0.4, -0.2) is 58.8 Å². The first-order chi connectivity index (χ1) is 17.1. The molecule has 2 aliphatic rings. The van der Waals surface area contributed by atoms with Crippen molar-refractivity contribution in [2.24, 2.45) is 7.05 Å². The standard InChI is InChI=1S/C29H28N4O2/c1-31-24-13-7-12-23-26(24)27(21-10-5-6-11-22(21)28(23)35)29(31)30-25(34)19-33-16-14-32(15-17-33)18-20-8-3-2-4-9-20/h2-13H,14-19H2,1H3,(H,30,34). The Balaban J connectivity index is 1.20. The van der Waals surface area contributed by atoms with E-state index in [1.807, 2.05) is 60.1 Å². The molecule has 0 unspecified atom stereocenters. The fourth-order valence-electron chi connectivity index (χ4n) is 5.45. The Labute approximate surface area is 204 Å². The monoisotopic (exact) mass is 464 g/mol. The van der Waals surface area contributed by atoms with Crippen LogP contribution in [0, 0.1) is 0 Å². The number of anilines is 1. The number of fused-ring (bicyclic) bond motifs is 2. The van der Waals surface area contributed by atoms with Gasteiger partial charge in [-0.2, -0.15) is 0 Å². The first-order valence-corrected chi connectivity index (χ1v) is 12.1. The number of piperazine rings is 1. The van der Waals surface area contributed by atoms with E-state index in [2.05, 4.69) is 39.4 Å². The molecule has 0 atom stereocenters. The number of benzene rings is 3. The third kappa shape index (κ3) is 3.85. The Bertz CT molecular complexity index is 1430. The third-order valence-electron chi connectivity index (χ3n) is 7.25. The molecule has 2 heterocycles. The van der Waals surface area contributed by atoms with E-state index in [0.29, 0.717) is 17.7 Å². The Morgan fingerprint density at radius 1 is 0.800 bits per heavy atom. The molecule has 1 aliphatic heterocycles. The molecule has 6 nitrogen and oxygen atoms in total. The summed E-state index contributed by atoms with van der Waals surface area (Å²) in [5.41, 5.74) is 5.47. The minimum atomic E-state index is -0.0282. The molecule has 0 saturated carbocycles. The Morgan fingerprint density at radius 2 is 1.46 bits per heavy atom. The lowest BCUT2D eigenvalue weighted by Gasteiger charge is -2.34. The van der Waals surface area contributed by atoms with Gasteiger partial charge in [0.05, 0.1) is 12.1 Å². The van der Waals surface area contributed by atoms with Crippen LogP contribution >= 0.6 is 0 Å². The van der Waals surface area contributed by atoms with Crippen LogP contribution in [0.3, 0.4) is 0 Å². The van der Waals surface area contributed by atoms with Crippen molar-refractivity contribution in [1.82, 2.24) is 14.4 Å². The van der Waals surface area contributed by atoms with Gasteiger partial charge in [0, 0.05) is 61.8 Å². The number of nitrogens with zero attached hydrogens (tertiary/aromatic N) is 3. The van der Waals surface area contributed by atoms with Gasteiger partial charge in [0.1, 0.15) is 5.82 Å². The number of hydrogen-bond acceptors (Lipinski definition) is 4. The van der Waals surface area contributed by atoms with Gasteiger partial charge in [-0.3, -0.25) is 19.4 Å². The third-order valence-corrected chi connectivity index (χ3v) is 7.25. The van der Waals surface area contributed by atoms with E-state index in [4.69, 9.17) is 0 Å². The van der Waals surface area contributed by atoms with Crippen molar-refractivity contribution in [3.05, 3.63) is 89.5 Å². The molecular formula is C29H28N4O2. The lowest BCUT2D eigenvalue weighted by Crippen LogP contribution is -2.48. The zero-order valence-electron chi connectivity index (χ0n) is 19.8. The first kappa shape index (κ1) is 21.8. The van der Waals surface area contributed by atoms with Gasteiger partial charge in [-0.25, -0.2) is 0 Å². The number of carbonyl (C=O) groups excluding carboxylic acids is 2. The number of nitrogens with one attached hydrogen (secondary N) is 1. The van der Waals surface area contributed by atoms with Gasteiger partial charge >= 0.3 is 0 Å². The molecule has 1 fully saturated rings. The van der Waals surface area contributed by atoms with E-state index in [1.165, 1.54) is 5.56 Å². The smallest absolute Gasteiger partial charge is 0.239 e.